The van der Waals surface area contributed by atoms with E-state index < -0.39 is 7.14 Å². The normalized spacial score (nSPS) is 17.5. The van der Waals surface area contributed by atoms with Crippen molar-refractivity contribution in [1.82, 2.24) is 19.8 Å². The Bertz CT molecular complexity index is 1400. The van der Waals surface area contributed by atoms with E-state index in [9.17, 15) is 14.7 Å². The molecule has 2 fully saturated rings. The molecular weight excluding hydrogens is 527 g/mol. The molecule has 11 nitrogen and oxygen atoms in total. The van der Waals surface area contributed by atoms with Crippen LogP contribution in [0.1, 0.15) is 12.8 Å². The standard InChI is InChI=1S/C28H37N8O3P/c1-33-16-18-34(19-17-33)22-11-14-35(15-12-22)24-9-8-21(20-25(24)36(37)38)30-28-29-13-10-27(32-28)31-23-6-4-5-7-26(23)40(2,3)39/h4-10,13,20,22H,11-12,14-19H2,1-3H3,(H2,29,30,31,32). The topological polar surface area (TPSA) is 120 Å². The molecule has 0 atom stereocenters. The van der Waals surface area contributed by atoms with Crippen LogP contribution < -0.4 is 20.8 Å². The number of anilines is 5. The molecule has 0 radical (unpaired) electrons. The number of piperazine rings is 1. The maximum atomic E-state index is 12.7. The van der Waals surface area contributed by atoms with Gasteiger partial charge in [-0.15, -0.1) is 0 Å². The van der Waals surface area contributed by atoms with Gasteiger partial charge in [-0.3, -0.25) is 15.0 Å². The van der Waals surface area contributed by atoms with Gasteiger partial charge in [-0.25, -0.2) is 4.98 Å². The fraction of sp³-hybridized carbons (Fsp3) is 0.429. The summed E-state index contributed by atoms with van der Waals surface area (Å²) in [7, 11) is -0.336. The molecule has 1 aromatic heterocycles. The molecular formula is C28H37N8O3P. The third kappa shape index (κ3) is 6.60. The molecule has 40 heavy (non-hydrogen) atoms. The van der Waals surface area contributed by atoms with Crippen molar-refractivity contribution in [3.63, 3.8) is 0 Å². The van der Waals surface area contributed by atoms with Crippen LogP contribution in [0.4, 0.5) is 34.5 Å². The zero-order valence-electron chi connectivity index (χ0n) is 23.3. The number of para-hydroxylation sites is 1. The second kappa shape index (κ2) is 11.9. The molecule has 2 aromatic carbocycles. The van der Waals surface area contributed by atoms with Gasteiger partial charge in [0, 0.05) is 68.6 Å². The van der Waals surface area contributed by atoms with Gasteiger partial charge in [-0.1, -0.05) is 12.1 Å². The first-order chi connectivity index (χ1) is 19.2. The number of nitrogens with one attached hydrogen (secondary N) is 2. The summed E-state index contributed by atoms with van der Waals surface area (Å²) in [6.07, 6.45) is 3.61. The molecule has 3 heterocycles. The van der Waals surface area contributed by atoms with Crippen molar-refractivity contribution in [2.75, 3.05) is 75.2 Å². The minimum atomic E-state index is -2.50. The van der Waals surface area contributed by atoms with Crippen LogP contribution in [0.3, 0.4) is 0 Å². The Balaban J connectivity index is 1.27. The minimum absolute atomic E-state index is 0.0629. The summed E-state index contributed by atoms with van der Waals surface area (Å²) in [5.41, 5.74) is 1.96. The Hall–Kier alpha value is -3.53. The first-order valence-corrected chi connectivity index (χ1v) is 16.2. The molecule has 0 bridgehead atoms. The van der Waals surface area contributed by atoms with Crippen molar-refractivity contribution >= 4 is 47.0 Å². The summed E-state index contributed by atoms with van der Waals surface area (Å²) < 4.78 is 12.7. The second-order valence-electron chi connectivity index (χ2n) is 10.9. The number of hydrogen-bond donors (Lipinski definition) is 2. The predicted molar refractivity (Wildman–Crippen MR) is 162 cm³/mol. The van der Waals surface area contributed by atoms with E-state index in [1.165, 1.54) is 0 Å². The summed E-state index contributed by atoms with van der Waals surface area (Å²) in [6, 6.07) is 14.9. The average molecular weight is 565 g/mol. The van der Waals surface area contributed by atoms with Crippen molar-refractivity contribution in [1.29, 1.82) is 0 Å². The van der Waals surface area contributed by atoms with Gasteiger partial charge in [0.25, 0.3) is 5.69 Å². The molecule has 2 saturated heterocycles. The third-order valence-electron chi connectivity index (χ3n) is 7.69. The van der Waals surface area contributed by atoms with Crippen LogP contribution in [0, 0.1) is 10.1 Å². The number of benzene rings is 2. The van der Waals surface area contributed by atoms with Crippen molar-refractivity contribution in [3.8, 4) is 0 Å². The number of piperidine rings is 1. The highest BCUT2D eigenvalue weighted by molar-refractivity contribution is 7.70. The molecule has 2 N–H and O–H groups in total. The van der Waals surface area contributed by atoms with Crippen LogP contribution in [0.5, 0.6) is 0 Å². The Morgan fingerprint density at radius 1 is 0.975 bits per heavy atom. The zero-order chi connectivity index (χ0) is 28.3. The lowest BCUT2D eigenvalue weighted by atomic mass is 10.0. The maximum absolute atomic E-state index is 12.7. The Morgan fingerprint density at radius 2 is 1.70 bits per heavy atom. The van der Waals surface area contributed by atoms with Crippen LogP contribution in [0.15, 0.2) is 54.7 Å². The molecule has 212 valence electrons. The van der Waals surface area contributed by atoms with E-state index in [0.29, 0.717) is 29.2 Å². The van der Waals surface area contributed by atoms with Crippen molar-refractivity contribution < 1.29 is 9.49 Å². The molecule has 0 aliphatic carbocycles. The van der Waals surface area contributed by atoms with Crippen LogP contribution in [-0.2, 0) is 4.57 Å². The van der Waals surface area contributed by atoms with Crippen LogP contribution in [0.2, 0.25) is 0 Å². The number of rotatable bonds is 8. The van der Waals surface area contributed by atoms with Gasteiger partial charge in [0.05, 0.1) is 10.6 Å². The Labute approximate surface area is 235 Å². The number of hydrogen-bond acceptors (Lipinski definition) is 10. The lowest BCUT2D eigenvalue weighted by Gasteiger charge is -2.42. The number of aromatic nitrogens is 2. The van der Waals surface area contributed by atoms with Crippen LogP contribution >= 0.6 is 7.14 Å². The van der Waals surface area contributed by atoms with Gasteiger partial charge in [0.15, 0.2) is 0 Å². The van der Waals surface area contributed by atoms with Gasteiger partial charge in [0.2, 0.25) is 5.95 Å². The van der Waals surface area contributed by atoms with Gasteiger partial charge in [-0.2, -0.15) is 4.98 Å². The van der Waals surface area contributed by atoms with Crippen molar-refractivity contribution in [2.45, 2.75) is 18.9 Å². The van der Waals surface area contributed by atoms with E-state index in [1.54, 1.807) is 31.7 Å². The van der Waals surface area contributed by atoms with Gasteiger partial charge < -0.3 is 25.0 Å². The fourth-order valence-electron chi connectivity index (χ4n) is 5.48. The highest BCUT2D eigenvalue weighted by atomic mass is 31.2. The fourth-order valence-corrected chi connectivity index (χ4v) is 6.63. The lowest BCUT2D eigenvalue weighted by molar-refractivity contribution is -0.384. The number of nitro benzene ring substituents is 1. The zero-order valence-corrected chi connectivity index (χ0v) is 24.2. The molecule has 0 unspecified atom stereocenters. The Morgan fingerprint density at radius 3 is 2.40 bits per heavy atom. The summed E-state index contributed by atoms with van der Waals surface area (Å²) in [4.78, 5) is 27.6. The summed E-state index contributed by atoms with van der Waals surface area (Å²) >= 11 is 0. The molecule has 5 rings (SSSR count). The van der Waals surface area contributed by atoms with E-state index in [-0.39, 0.29) is 10.6 Å². The van der Waals surface area contributed by atoms with Gasteiger partial charge in [0.1, 0.15) is 18.6 Å². The molecule has 0 saturated carbocycles. The largest absolute Gasteiger partial charge is 0.366 e. The molecule has 3 aromatic rings. The number of likely N-dealkylation sites (N-methyl/N-ethyl adjacent to an activating group) is 1. The molecule has 0 spiro atoms. The monoisotopic (exact) mass is 564 g/mol. The molecule has 0 amide bonds. The number of nitro groups is 1. The third-order valence-corrected chi connectivity index (χ3v) is 9.24. The van der Waals surface area contributed by atoms with E-state index in [2.05, 4.69) is 42.3 Å². The molecule has 12 heteroatoms. The van der Waals surface area contributed by atoms with Gasteiger partial charge in [-0.05, 0) is 63.6 Å². The first-order valence-electron chi connectivity index (χ1n) is 13.6. The quantitative estimate of drug-likeness (QED) is 0.232. The van der Waals surface area contributed by atoms with E-state index in [4.69, 9.17) is 0 Å². The van der Waals surface area contributed by atoms with Crippen molar-refractivity contribution in [3.05, 3.63) is 64.8 Å². The number of nitrogens with zero attached hydrogens (tertiary/aromatic N) is 6. The average Bonchev–Trinajstić information content (AvgIpc) is 2.93. The Kier molecular flexibility index (Phi) is 8.35. The van der Waals surface area contributed by atoms with Crippen molar-refractivity contribution in [2.24, 2.45) is 0 Å². The predicted octanol–water partition coefficient (Wildman–Crippen LogP) is 4.34. The van der Waals surface area contributed by atoms with Gasteiger partial charge >= 0.3 is 0 Å². The molecule has 2 aliphatic heterocycles. The second-order valence-corrected chi connectivity index (χ2v) is 14.1. The van der Waals surface area contributed by atoms with Crippen LogP contribution in [-0.4, -0.2) is 90.4 Å². The van der Waals surface area contributed by atoms with E-state index in [0.717, 1.165) is 63.1 Å². The van der Waals surface area contributed by atoms with E-state index >= 15 is 0 Å². The van der Waals surface area contributed by atoms with E-state index in [1.807, 2.05) is 36.4 Å². The molecule has 2 aliphatic rings. The summed E-state index contributed by atoms with van der Waals surface area (Å²) in [5.74, 6) is 0.821. The van der Waals surface area contributed by atoms with Crippen LogP contribution in [0.25, 0.3) is 0 Å². The highest BCUT2D eigenvalue weighted by Gasteiger charge is 2.29. The summed E-state index contributed by atoms with van der Waals surface area (Å²) in [6.45, 7) is 9.41. The summed E-state index contributed by atoms with van der Waals surface area (Å²) in [5, 5.41) is 19.1. The lowest BCUT2D eigenvalue weighted by Crippen LogP contribution is -2.52. The highest BCUT2D eigenvalue weighted by Crippen LogP contribution is 2.38. The maximum Gasteiger partial charge on any atom is 0.294 e. The first kappa shape index (κ1) is 28.0. The SMILES string of the molecule is CN1CCN(C2CCN(c3ccc(Nc4nccc(Nc5ccccc5P(C)(C)=O)n4)cc3[N+](=O)[O-])CC2)CC1. The minimum Gasteiger partial charge on any atom is -0.366 e. The smallest absolute Gasteiger partial charge is 0.294 e.